The predicted molar refractivity (Wildman–Crippen MR) is 187 cm³/mol. The number of nitrogens with one attached hydrogen (secondary N) is 2. The van der Waals surface area contributed by atoms with Crippen molar-refractivity contribution in [2.45, 2.75) is 69.2 Å². The molecule has 4 aromatic rings. The zero-order valence-corrected chi connectivity index (χ0v) is 28.6. The maximum atomic E-state index is 14.3. The summed E-state index contributed by atoms with van der Waals surface area (Å²) >= 11 is 0. The molecule has 1 saturated carbocycles. The number of Topliss-reactive ketones (excluding diaryl/α,β-unsaturated/α-hetero) is 1. The summed E-state index contributed by atoms with van der Waals surface area (Å²) in [5.74, 6) is 0.238. The highest BCUT2D eigenvalue weighted by Crippen LogP contribution is 2.37. The third-order valence-electron chi connectivity index (χ3n) is 8.34. The normalized spacial score (nSPS) is 18.4. The molecule has 0 radical (unpaired) electrons. The summed E-state index contributed by atoms with van der Waals surface area (Å²) in [5.41, 5.74) is 10.3. The Balaban J connectivity index is 0.00000107. The minimum atomic E-state index is -3.59. The van der Waals surface area contributed by atoms with Crippen LogP contribution in [0.15, 0.2) is 71.8 Å². The first-order valence-corrected chi connectivity index (χ1v) is 17.3. The Kier molecular flexibility index (Phi) is 10.0. The van der Waals surface area contributed by atoms with E-state index in [1.165, 1.54) is 24.8 Å². The van der Waals surface area contributed by atoms with Gasteiger partial charge in [-0.3, -0.25) is 10.1 Å². The molecule has 4 bridgehead atoms. The SMILES string of the molecule is CC(C)=O.Cc1cc2ccc1[C@@H](C)COC(=O)Nc1ccc(S(=O)(=O)C3CC3)c(c1)CN(C)C(=O)[C@@H]2Nc1ccc2c(N)nccc2c1. The number of hydrogen-bond donors (Lipinski definition) is 3. The summed E-state index contributed by atoms with van der Waals surface area (Å²) in [6.45, 7) is 7.15. The van der Waals surface area contributed by atoms with Gasteiger partial charge in [0.1, 0.15) is 17.6 Å². The molecule has 0 spiro atoms. The summed E-state index contributed by atoms with van der Waals surface area (Å²) < 4.78 is 32.3. The number of sulfone groups is 1. The molecular formula is C36H41N5O6S. The minimum absolute atomic E-state index is 0.0108. The average molecular weight is 672 g/mol. The van der Waals surface area contributed by atoms with E-state index in [4.69, 9.17) is 10.5 Å². The van der Waals surface area contributed by atoms with Gasteiger partial charge in [0, 0.05) is 42.5 Å². The Hall–Kier alpha value is -4.97. The summed E-state index contributed by atoms with van der Waals surface area (Å²) in [6.07, 6.45) is 2.22. The smallest absolute Gasteiger partial charge is 0.411 e. The summed E-state index contributed by atoms with van der Waals surface area (Å²) in [4.78, 5) is 42.2. The number of nitrogen functional groups attached to an aromatic ring is 1. The molecule has 4 N–H and O–H groups in total. The fourth-order valence-corrected chi connectivity index (χ4v) is 7.65. The molecule has 1 fully saturated rings. The van der Waals surface area contributed by atoms with Gasteiger partial charge < -0.3 is 25.5 Å². The van der Waals surface area contributed by atoms with Gasteiger partial charge >= 0.3 is 6.09 Å². The van der Waals surface area contributed by atoms with E-state index in [1.807, 2.05) is 56.3 Å². The first-order chi connectivity index (χ1) is 22.7. The van der Waals surface area contributed by atoms with Crippen LogP contribution in [-0.4, -0.2) is 55.0 Å². The fourth-order valence-electron chi connectivity index (χ4n) is 5.79. The van der Waals surface area contributed by atoms with Crippen LogP contribution in [0.1, 0.15) is 67.8 Å². The summed E-state index contributed by atoms with van der Waals surface area (Å²) in [5, 5.41) is 7.40. The molecule has 3 heterocycles. The topological polar surface area (TPSA) is 161 Å². The number of aryl methyl sites for hydroxylation is 1. The van der Waals surface area contributed by atoms with E-state index in [9.17, 15) is 22.8 Å². The number of hydrogen-bond acceptors (Lipinski definition) is 9. The van der Waals surface area contributed by atoms with Crippen molar-refractivity contribution >= 4 is 55.6 Å². The number of ether oxygens (including phenoxy) is 1. The molecule has 2 aliphatic heterocycles. The molecule has 2 amide bonds. The molecule has 0 unspecified atom stereocenters. The van der Waals surface area contributed by atoms with E-state index >= 15 is 0 Å². The second kappa shape index (κ2) is 14.0. The van der Waals surface area contributed by atoms with Crippen LogP contribution in [0, 0.1) is 6.92 Å². The number of pyridine rings is 1. The quantitative estimate of drug-likeness (QED) is 0.232. The van der Waals surface area contributed by atoms with Gasteiger partial charge in [-0.25, -0.2) is 18.2 Å². The number of anilines is 3. The highest BCUT2D eigenvalue weighted by molar-refractivity contribution is 7.92. The summed E-state index contributed by atoms with van der Waals surface area (Å²) in [7, 11) is -1.94. The lowest BCUT2D eigenvalue weighted by molar-refractivity contribution is -0.131. The lowest BCUT2D eigenvalue weighted by Crippen LogP contribution is -2.35. The van der Waals surface area contributed by atoms with Crippen molar-refractivity contribution in [3.8, 4) is 0 Å². The Morgan fingerprint density at radius 2 is 1.77 bits per heavy atom. The van der Waals surface area contributed by atoms with Crippen LogP contribution in [0.25, 0.3) is 10.8 Å². The highest BCUT2D eigenvalue weighted by Gasteiger charge is 2.38. The first-order valence-electron chi connectivity index (χ1n) is 15.8. The van der Waals surface area contributed by atoms with E-state index in [0.717, 1.165) is 33.2 Å². The molecule has 1 aliphatic carbocycles. The van der Waals surface area contributed by atoms with Crippen LogP contribution in [0.3, 0.4) is 0 Å². The molecule has 7 rings (SSSR count). The number of carbonyl (C=O) groups is 3. The standard InChI is InChI=1S/C33H35N5O5S.C3H6O/c1-19-14-22-4-9-27(19)20(2)18-43-33(40)37-25-6-11-29(44(41,42)26-7-8-26)23(16-25)17-38(3)32(39)30(22)36-24-5-10-28-21(15-24)12-13-35-31(28)34;1-3(2)4/h4-6,9-16,20,26,30,36H,7-8,17-18H2,1-3H3,(H2,34,35)(H,37,40);1-2H3/t20-,30+;/m0./s1. The third-order valence-corrected chi connectivity index (χ3v) is 10.7. The van der Waals surface area contributed by atoms with Crippen molar-refractivity contribution in [1.82, 2.24) is 9.88 Å². The number of fused-ring (bicyclic) bond motifs is 10. The monoisotopic (exact) mass is 671 g/mol. The molecule has 11 nitrogen and oxygen atoms in total. The van der Waals surface area contributed by atoms with Gasteiger partial charge in [-0.15, -0.1) is 0 Å². The van der Waals surface area contributed by atoms with Gasteiger partial charge in [-0.05, 0) is 104 Å². The van der Waals surface area contributed by atoms with Crippen LogP contribution < -0.4 is 16.4 Å². The zero-order chi connectivity index (χ0) is 34.7. The molecule has 48 heavy (non-hydrogen) atoms. The lowest BCUT2D eigenvalue weighted by atomic mass is 9.93. The Bertz CT molecular complexity index is 1990. The van der Waals surface area contributed by atoms with Gasteiger partial charge in [0.25, 0.3) is 0 Å². The van der Waals surface area contributed by atoms with Crippen LogP contribution >= 0.6 is 0 Å². The van der Waals surface area contributed by atoms with Gasteiger partial charge in [0.15, 0.2) is 9.84 Å². The Morgan fingerprint density at radius 1 is 1.04 bits per heavy atom. The van der Waals surface area contributed by atoms with E-state index in [0.29, 0.717) is 29.9 Å². The number of amides is 2. The van der Waals surface area contributed by atoms with E-state index in [2.05, 4.69) is 15.6 Å². The molecule has 12 heteroatoms. The van der Waals surface area contributed by atoms with E-state index in [-0.39, 0.29) is 35.7 Å². The average Bonchev–Trinajstić information content (AvgIpc) is 3.88. The highest BCUT2D eigenvalue weighted by atomic mass is 32.2. The van der Waals surface area contributed by atoms with Crippen LogP contribution in [-0.2, 0) is 30.7 Å². The molecule has 3 aliphatic rings. The van der Waals surface area contributed by atoms with Crippen molar-refractivity contribution < 1.29 is 27.5 Å². The fraction of sp³-hybridized carbons (Fsp3) is 0.333. The first kappa shape index (κ1) is 34.4. The van der Waals surface area contributed by atoms with E-state index < -0.39 is 27.2 Å². The number of rotatable bonds is 4. The number of nitrogens with zero attached hydrogens (tertiary/aromatic N) is 2. The maximum absolute atomic E-state index is 14.3. The Morgan fingerprint density at radius 3 is 2.46 bits per heavy atom. The van der Waals surface area contributed by atoms with Crippen LogP contribution in [0.4, 0.5) is 22.0 Å². The second-order valence-electron chi connectivity index (χ2n) is 12.6. The molecule has 1 aromatic heterocycles. The predicted octanol–water partition coefficient (Wildman–Crippen LogP) is 6.13. The maximum Gasteiger partial charge on any atom is 0.411 e. The molecule has 3 aromatic carbocycles. The molecule has 0 saturated heterocycles. The number of aromatic nitrogens is 1. The van der Waals surface area contributed by atoms with Crippen molar-refractivity contribution in [2.24, 2.45) is 0 Å². The van der Waals surface area contributed by atoms with Gasteiger partial charge in [0.05, 0.1) is 16.8 Å². The van der Waals surface area contributed by atoms with E-state index in [1.54, 1.807) is 25.4 Å². The molecule has 252 valence electrons. The third kappa shape index (κ3) is 7.76. The van der Waals surface area contributed by atoms with Crippen molar-refractivity contribution in [2.75, 3.05) is 30.0 Å². The van der Waals surface area contributed by atoms with Crippen molar-refractivity contribution in [3.05, 3.63) is 89.1 Å². The summed E-state index contributed by atoms with van der Waals surface area (Å²) in [6, 6.07) is 17.2. The van der Waals surface area contributed by atoms with Crippen LogP contribution in [0.2, 0.25) is 0 Å². The van der Waals surface area contributed by atoms with Crippen molar-refractivity contribution in [3.63, 3.8) is 0 Å². The minimum Gasteiger partial charge on any atom is -0.449 e. The number of nitrogens with two attached hydrogens (primary N) is 1. The molecule has 2 atom stereocenters. The molecular weight excluding hydrogens is 630 g/mol. The number of benzene rings is 3. The van der Waals surface area contributed by atoms with Crippen molar-refractivity contribution in [1.29, 1.82) is 0 Å². The second-order valence-corrected chi connectivity index (χ2v) is 14.8. The largest absolute Gasteiger partial charge is 0.449 e. The number of carbonyl (C=O) groups excluding carboxylic acids is 3. The number of likely N-dealkylation sites (N-methyl/N-ethyl adjacent to an activating group) is 1. The van der Waals surface area contributed by atoms with Crippen LogP contribution in [0.5, 0.6) is 0 Å². The van der Waals surface area contributed by atoms with Gasteiger partial charge in [-0.2, -0.15) is 0 Å². The zero-order valence-electron chi connectivity index (χ0n) is 27.7. The van der Waals surface area contributed by atoms with Gasteiger partial charge in [0.2, 0.25) is 5.91 Å². The van der Waals surface area contributed by atoms with Gasteiger partial charge in [-0.1, -0.05) is 25.1 Å². The number of ketones is 1. The lowest BCUT2D eigenvalue weighted by Gasteiger charge is -2.28. The Labute approximate surface area is 280 Å².